The van der Waals surface area contributed by atoms with E-state index in [9.17, 15) is 20.1 Å². The van der Waals surface area contributed by atoms with Gasteiger partial charge < -0.3 is 63.4 Å². The number of nitrogens with zero attached hydrogens (tertiary/aromatic N) is 1. The molecule has 4 rings (SSSR count). The molecule has 0 saturated carbocycles. The molecule has 0 bridgehead atoms. The van der Waals surface area contributed by atoms with Gasteiger partial charge in [0.05, 0.1) is 41.5 Å². The molecule has 18 atom stereocenters. The molecule has 4 saturated heterocycles. The van der Waals surface area contributed by atoms with Crippen molar-refractivity contribution < 1.29 is 58.0 Å². The van der Waals surface area contributed by atoms with Gasteiger partial charge in [-0.05, 0) is 108 Å². The van der Waals surface area contributed by atoms with Crippen LogP contribution in [-0.4, -0.2) is 150 Å². The van der Waals surface area contributed by atoms with E-state index < -0.39 is 95.7 Å². The summed E-state index contributed by atoms with van der Waals surface area (Å²) in [6.07, 6.45) is -6.30. The number of aliphatic hydroxyl groups excluding tert-OH is 2. The SMILES string of the molecule is CC[C@H]1OC(=O)[C@H](C)[C@@H](O[C@H]2C[C@@](C)(OC)[C@@H](O)[C@H](C)O2)[C@H](C)[C@@H](O[C@@H]2O[C@H](C)C[C@H](N(C)C)[C@H]2O)[C@](C)(O)C[C@@H](C)CN[C@H](C)[C@H]2OC(C)(C)OC21C. The van der Waals surface area contributed by atoms with Gasteiger partial charge in [0.25, 0.3) is 0 Å². The molecule has 0 radical (unpaired) electrons. The molecule has 0 amide bonds. The van der Waals surface area contributed by atoms with Gasteiger partial charge in [0.15, 0.2) is 18.4 Å². The third-order valence-corrected chi connectivity index (χ3v) is 12.5. The van der Waals surface area contributed by atoms with E-state index in [2.05, 4.69) is 12.2 Å². The number of ether oxygens (including phenoxy) is 8. The van der Waals surface area contributed by atoms with Crippen LogP contribution in [-0.2, 0) is 42.7 Å². The average molecular weight is 775 g/mol. The van der Waals surface area contributed by atoms with Gasteiger partial charge in [-0.1, -0.05) is 20.8 Å². The Balaban J connectivity index is 1.81. The lowest BCUT2D eigenvalue weighted by molar-refractivity contribution is -0.318. The Labute approximate surface area is 324 Å². The number of hydrogen-bond acceptors (Lipinski definition) is 14. The monoisotopic (exact) mass is 775 g/mol. The normalized spacial score (nSPS) is 49.8. The maximum Gasteiger partial charge on any atom is 0.311 e. The largest absolute Gasteiger partial charge is 0.459 e. The first-order chi connectivity index (χ1) is 24.9. The smallest absolute Gasteiger partial charge is 0.311 e. The van der Waals surface area contributed by atoms with Crippen molar-refractivity contribution >= 4 is 5.97 Å². The number of rotatable bonds is 7. The predicted molar refractivity (Wildman–Crippen MR) is 201 cm³/mol. The van der Waals surface area contributed by atoms with Crippen LogP contribution in [0.25, 0.3) is 0 Å². The van der Waals surface area contributed by atoms with Gasteiger partial charge in [-0.15, -0.1) is 0 Å². The number of cyclic esters (lactones) is 1. The predicted octanol–water partition coefficient (Wildman–Crippen LogP) is 3.36. The Hall–Kier alpha value is -1.01. The Morgan fingerprint density at radius 1 is 0.963 bits per heavy atom. The molecule has 0 aromatic heterocycles. The van der Waals surface area contributed by atoms with Gasteiger partial charge in [0.1, 0.15) is 30.0 Å². The summed E-state index contributed by atoms with van der Waals surface area (Å²) >= 11 is 0. The highest BCUT2D eigenvalue weighted by Crippen LogP contribution is 2.44. The molecule has 0 aromatic carbocycles. The van der Waals surface area contributed by atoms with Crippen LogP contribution in [0.3, 0.4) is 0 Å². The molecule has 0 aliphatic carbocycles. The molecule has 0 spiro atoms. The maximum absolute atomic E-state index is 14.5. The molecule has 1 unspecified atom stereocenters. The maximum atomic E-state index is 14.5. The van der Waals surface area contributed by atoms with Crippen molar-refractivity contribution in [1.82, 2.24) is 10.2 Å². The van der Waals surface area contributed by atoms with Crippen molar-refractivity contribution in [1.29, 1.82) is 0 Å². The van der Waals surface area contributed by atoms with Crippen LogP contribution in [0.15, 0.2) is 0 Å². The topological polar surface area (TPSA) is 167 Å². The number of methoxy groups -OCH3 is 1. The zero-order valence-electron chi connectivity index (χ0n) is 35.7. The van der Waals surface area contributed by atoms with E-state index in [-0.39, 0.29) is 30.5 Å². The van der Waals surface area contributed by atoms with Gasteiger partial charge in [-0.25, -0.2) is 0 Å². The summed E-state index contributed by atoms with van der Waals surface area (Å²) in [5, 5.41) is 38.8. The lowest BCUT2D eigenvalue weighted by Crippen LogP contribution is -2.60. The molecule has 316 valence electrons. The third-order valence-electron chi connectivity index (χ3n) is 12.5. The molecule has 54 heavy (non-hydrogen) atoms. The molecule has 4 fully saturated rings. The standard InChI is InChI=1S/C40H74N2O12/c1-16-28-40(12)34(53-37(8,9)54-40)25(6)41-20-21(2)18-38(10,46)33(52-36-30(43)27(42(13)14)17-22(3)48-36)23(4)31(24(5)35(45)50-28)51-29-19-39(11,47-15)32(44)26(7)49-29/h21-34,36,41,43-44,46H,16-20H2,1-15H3/t21-,22-,23+,24-,25-,26+,27+,28-,29+,30-,31+,32+,33-,34-,36+,38-,39-,40?/m1/s1. The van der Waals surface area contributed by atoms with Crippen molar-refractivity contribution in [3.63, 3.8) is 0 Å². The van der Waals surface area contributed by atoms with Gasteiger partial charge in [-0.3, -0.25) is 4.79 Å². The van der Waals surface area contributed by atoms with Crippen LogP contribution in [0.4, 0.5) is 0 Å². The van der Waals surface area contributed by atoms with E-state index in [0.717, 1.165) is 0 Å². The summed E-state index contributed by atoms with van der Waals surface area (Å²) in [5.74, 6) is -3.10. The molecule has 4 N–H and O–H groups in total. The van der Waals surface area contributed by atoms with E-state index >= 15 is 0 Å². The number of likely N-dealkylation sites (N-methyl/N-ethyl adjacent to an activating group) is 1. The number of aliphatic hydroxyl groups is 3. The van der Waals surface area contributed by atoms with Crippen molar-refractivity contribution in [3.05, 3.63) is 0 Å². The van der Waals surface area contributed by atoms with Crippen molar-refractivity contribution in [2.75, 3.05) is 27.7 Å². The quantitative estimate of drug-likeness (QED) is 0.278. The Morgan fingerprint density at radius 2 is 1.61 bits per heavy atom. The van der Waals surface area contributed by atoms with E-state index in [4.69, 9.17) is 37.9 Å². The lowest BCUT2D eigenvalue weighted by Gasteiger charge is -2.48. The second-order valence-electron chi connectivity index (χ2n) is 18.2. The number of fused-ring (bicyclic) bond motifs is 1. The summed E-state index contributed by atoms with van der Waals surface area (Å²) in [5.41, 5.74) is -3.48. The van der Waals surface area contributed by atoms with Gasteiger partial charge >= 0.3 is 5.97 Å². The molecule has 14 heteroatoms. The lowest BCUT2D eigenvalue weighted by atomic mass is 9.77. The first-order valence-corrected chi connectivity index (χ1v) is 20.1. The van der Waals surface area contributed by atoms with Crippen molar-refractivity contribution in [3.8, 4) is 0 Å². The van der Waals surface area contributed by atoms with E-state index in [0.29, 0.717) is 25.8 Å². The molecule has 4 heterocycles. The number of esters is 1. The first kappa shape index (κ1) is 45.7. The van der Waals surface area contributed by atoms with Gasteiger partial charge in [0, 0.05) is 31.5 Å². The van der Waals surface area contributed by atoms with E-state index in [1.165, 1.54) is 7.11 Å². The first-order valence-electron chi connectivity index (χ1n) is 20.1. The summed E-state index contributed by atoms with van der Waals surface area (Å²) in [6, 6.07) is -0.448. The minimum Gasteiger partial charge on any atom is -0.459 e. The van der Waals surface area contributed by atoms with Crippen LogP contribution in [0, 0.1) is 17.8 Å². The minimum atomic E-state index is -1.50. The fourth-order valence-corrected chi connectivity index (χ4v) is 9.53. The fourth-order valence-electron chi connectivity index (χ4n) is 9.53. The number of carbonyl (C=O) groups is 1. The summed E-state index contributed by atoms with van der Waals surface area (Å²) in [4.78, 5) is 16.5. The van der Waals surface area contributed by atoms with Crippen LogP contribution in [0.2, 0.25) is 0 Å². The highest BCUT2D eigenvalue weighted by molar-refractivity contribution is 5.73. The van der Waals surface area contributed by atoms with Gasteiger partial charge in [0.2, 0.25) is 0 Å². The highest BCUT2D eigenvalue weighted by Gasteiger charge is 2.58. The molecular formula is C40H74N2O12. The average Bonchev–Trinajstić information content (AvgIpc) is 3.34. The van der Waals surface area contributed by atoms with E-state index in [1.54, 1.807) is 27.7 Å². The number of carbonyl (C=O) groups excluding carboxylic acids is 1. The second kappa shape index (κ2) is 17.5. The zero-order chi connectivity index (χ0) is 40.7. The third kappa shape index (κ3) is 9.81. The Kier molecular flexibility index (Phi) is 14.8. The van der Waals surface area contributed by atoms with E-state index in [1.807, 2.05) is 67.5 Å². The minimum absolute atomic E-state index is 0.0545. The van der Waals surface area contributed by atoms with Crippen LogP contribution >= 0.6 is 0 Å². The van der Waals surface area contributed by atoms with Crippen LogP contribution in [0.1, 0.15) is 109 Å². The fraction of sp³-hybridized carbons (Fsp3) is 0.975. The number of hydrogen-bond donors (Lipinski definition) is 4. The molecule has 4 aliphatic heterocycles. The van der Waals surface area contributed by atoms with Crippen molar-refractivity contribution in [2.45, 2.75) is 205 Å². The number of nitrogens with one attached hydrogen (secondary N) is 1. The summed E-state index contributed by atoms with van der Waals surface area (Å²) in [7, 11) is 5.35. The Bertz CT molecular complexity index is 1240. The van der Waals surface area contributed by atoms with Crippen LogP contribution < -0.4 is 5.32 Å². The zero-order valence-corrected chi connectivity index (χ0v) is 35.7. The molecule has 4 aliphatic rings. The van der Waals surface area contributed by atoms with Crippen molar-refractivity contribution in [2.24, 2.45) is 17.8 Å². The highest BCUT2D eigenvalue weighted by atomic mass is 16.8. The summed E-state index contributed by atoms with van der Waals surface area (Å²) < 4.78 is 51.3. The molecular weight excluding hydrogens is 700 g/mol. The van der Waals surface area contributed by atoms with Crippen LogP contribution in [0.5, 0.6) is 0 Å². The Morgan fingerprint density at radius 3 is 2.20 bits per heavy atom. The molecule has 14 nitrogen and oxygen atoms in total. The second-order valence-corrected chi connectivity index (χ2v) is 18.2. The van der Waals surface area contributed by atoms with Gasteiger partial charge in [-0.2, -0.15) is 0 Å². The summed E-state index contributed by atoms with van der Waals surface area (Å²) in [6.45, 7) is 23.1. The molecule has 0 aromatic rings.